The van der Waals surface area contributed by atoms with Crippen LogP contribution in [0.5, 0.6) is 0 Å². The summed E-state index contributed by atoms with van der Waals surface area (Å²) in [6.07, 6.45) is 6.15. The second kappa shape index (κ2) is 20.2. The normalized spacial score (nSPS) is 22.0. The Hall–Kier alpha value is -2.75. The molecule has 2 aliphatic rings. The number of carboxylic acid groups (broad SMARTS) is 3. The van der Waals surface area contributed by atoms with E-state index in [0.29, 0.717) is 91.0 Å². The summed E-state index contributed by atoms with van der Waals surface area (Å²) in [5, 5.41) is 32.0. The summed E-state index contributed by atoms with van der Waals surface area (Å²) in [5.41, 5.74) is 0. The second-order valence-electron chi connectivity index (χ2n) is 10.3. The highest BCUT2D eigenvalue weighted by molar-refractivity contribution is 5.70. The van der Waals surface area contributed by atoms with Crippen molar-refractivity contribution in [3.8, 4) is 0 Å². The lowest BCUT2D eigenvalue weighted by Gasteiger charge is -2.39. The van der Waals surface area contributed by atoms with Crippen molar-refractivity contribution in [1.82, 2.24) is 24.9 Å². The number of aliphatic carboxylic acids is 3. The Morgan fingerprint density at radius 1 is 0.810 bits per heavy atom. The first-order chi connectivity index (χ1) is 20.2. The highest BCUT2D eigenvalue weighted by atomic mass is 16.5. The third kappa shape index (κ3) is 14.9. The van der Waals surface area contributed by atoms with Crippen molar-refractivity contribution in [3.63, 3.8) is 0 Å². The summed E-state index contributed by atoms with van der Waals surface area (Å²) in [6, 6.07) is -0.394. The van der Waals surface area contributed by atoms with Gasteiger partial charge in [-0.1, -0.05) is 13.0 Å². The summed E-state index contributed by atoms with van der Waals surface area (Å²) >= 11 is 0. The van der Waals surface area contributed by atoms with E-state index in [1.807, 2.05) is 35.8 Å². The first-order valence-corrected chi connectivity index (χ1v) is 14.7. The number of nitrogens with one attached hydrogen (secondary N) is 1. The summed E-state index contributed by atoms with van der Waals surface area (Å²) in [7, 11) is 0. The molecule has 0 amide bonds. The van der Waals surface area contributed by atoms with Gasteiger partial charge in [0.25, 0.3) is 0 Å². The van der Waals surface area contributed by atoms with Gasteiger partial charge < -0.3 is 39.7 Å². The molecule has 0 aliphatic carbocycles. The number of allylic oxidation sites excluding steroid dienone is 1. The fraction of sp³-hybridized carbons (Fsp3) is 0.750. The van der Waals surface area contributed by atoms with Crippen molar-refractivity contribution >= 4 is 17.9 Å². The van der Waals surface area contributed by atoms with E-state index in [1.165, 1.54) is 0 Å². The number of ether oxygens (including phenoxy) is 3. The van der Waals surface area contributed by atoms with Crippen LogP contribution < -0.4 is 5.32 Å². The van der Waals surface area contributed by atoms with E-state index >= 15 is 0 Å². The molecule has 2 aliphatic heterocycles. The Morgan fingerprint density at radius 3 is 2.02 bits per heavy atom. The van der Waals surface area contributed by atoms with E-state index in [-0.39, 0.29) is 31.7 Å². The van der Waals surface area contributed by atoms with Crippen LogP contribution in [0.4, 0.5) is 0 Å². The zero-order valence-corrected chi connectivity index (χ0v) is 25.0. The number of hydrogen-bond acceptors (Lipinski definition) is 11. The Kier molecular flexibility index (Phi) is 17.1. The van der Waals surface area contributed by atoms with E-state index < -0.39 is 17.9 Å². The highest BCUT2D eigenvalue weighted by Gasteiger charge is 2.28. The minimum absolute atomic E-state index is 0.119. The van der Waals surface area contributed by atoms with Gasteiger partial charge in [0.15, 0.2) is 0 Å². The Balaban J connectivity index is 2.11. The van der Waals surface area contributed by atoms with Gasteiger partial charge in [-0.15, -0.1) is 0 Å². The van der Waals surface area contributed by atoms with Gasteiger partial charge >= 0.3 is 17.9 Å². The lowest BCUT2D eigenvalue weighted by Crippen LogP contribution is -2.53. The zero-order valence-electron chi connectivity index (χ0n) is 25.0. The molecular formula is C28H49N5O9. The fourth-order valence-corrected chi connectivity index (χ4v) is 4.97. The quantitative estimate of drug-likeness (QED) is 0.161. The van der Waals surface area contributed by atoms with Gasteiger partial charge in [-0.2, -0.15) is 0 Å². The minimum Gasteiger partial charge on any atom is -0.490 e. The third-order valence-corrected chi connectivity index (χ3v) is 7.19. The van der Waals surface area contributed by atoms with Crippen LogP contribution in [0.15, 0.2) is 24.1 Å². The Morgan fingerprint density at radius 2 is 1.40 bits per heavy atom. The lowest BCUT2D eigenvalue weighted by molar-refractivity contribution is -0.141. The van der Waals surface area contributed by atoms with Gasteiger partial charge in [0.1, 0.15) is 12.4 Å². The van der Waals surface area contributed by atoms with Gasteiger partial charge in [0.2, 0.25) is 0 Å². The van der Waals surface area contributed by atoms with E-state index in [9.17, 15) is 29.7 Å². The van der Waals surface area contributed by atoms with Crippen LogP contribution in [0.3, 0.4) is 0 Å². The molecule has 0 aromatic carbocycles. The molecule has 14 heteroatoms. The van der Waals surface area contributed by atoms with E-state index in [2.05, 4.69) is 10.2 Å². The maximum atomic E-state index is 11.9. The van der Waals surface area contributed by atoms with Crippen LogP contribution in [0.1, 0.15) is 20.3 Å². The molecular weight excluding hydrogens is 550 g/mol. The van der Waals surface area contributed by atoms with Crippen LogP contribution >= 0.6 is 0 Å². The van der Waals surface area contributed by atoms with Crippen LogP contribution in [0, 0.1) is 0 Å². The minimum atomic E-state index is -0.991. The standard InChI is InChI=1S/C28H49N5O9/c1-3-30-7-8-31(20-26(34)35)9-10-32(21-27(36)37)19-24(33(12-11-30)22-28(38)39)17-23-5-6-25(18-29-23)42-16-15-41-14-13-40-4-2/h5-6,18,23-24,29H,3-4,7-17,19-22H2,1-2H3,(H,34,35)(H,36,37)(H,38,39)/t23?,24-/m0/s1. The predicted molar refractivity (Wildman–Crippen MR) is 155 cm³/mol. The van der Waals surface area contributed by atoms with E-state index in [4.69, 9.17) is 14.2 Å². The summed E-state index contributed by atoms with van der Waals surface area (Å²) in [5.74, 6) is -2.21. The van der Waals surface area contributed by atoms with Crippen molar-refractivity contribution in [2.75, 3.05) is 105 Å². The number of hydrogen-bond donors (Lipinski definition) is 4. The molecule has 0 bridgehead atoms. The van der Waals surface area contributed by atoms with Crippen LogP contribution in [-0.4, -0.2) is 170 Å². The van der Waals surface area contributed by atoms with Gasteiger partial charge in [0, 0.05) is 70.7 Å². The van der Waals surface area contributed by atoms with Crippen molar-refractivity contribution in [3.05, 3.63) is 24.1 Å². The maximum Gasteiger partial charge on any atom is 0.317 e. The number of carbonyl (C=O) groups is 3. The monoisotopic (exact) mass is 599 g/mol. The number of likely N-dealkylation sites (N-methyl/N-ethyl adjacent to an activating group) is 1. The van der Waals surface area contributed by atoms with Gasteiger partial charge in [-0.3, -0.25) is 29.1 Å². The Labute approximate surface area is 248 Å². The molecule has 0 spiro atoms. The molecule has 14 nitrogen and oxygen atoms in total. The molecule has 2 rings (SSSR count). The Bertz CT molecular complexity index is 888. The van der Waals surface area contributed by atoms with Crippen LogP contribution in [0.25, 0.3) is 0 Å². The molecule has 4 N–H and O–H groups in total. The molecule has 1 unspecified atom stereocenters. The first kappa shape index (κ1) is 35.4. The average Bonchev–Trinajstić information content (AvgIpc) is 2.93. The average molecular weight is 600 g/mol. The molecule has 0 aromatic heterocycles. The number of carboxylic acids is 3. The SMILES string of the molecule is CCOCCOCCOC1=CNC(C[C@H]2CN(CC(=O)O)CCN(CC(=O)O)CCN(CC)CCN2CC(=O)O)C=C1. The number of nitrogens with zero attached hydrogens (tertiary/aromatic N) is 4. The third-order valence-electron chi connectivity index (χ3n) is 7.19. The largest absolute Gasteiger partial charge is 0.490 e. The molecule has 2 atom stereocenters. The number of rotatable bonds is 17. The van der Waals surface area contributed by atoms with E-state index in [0.717, 1.165) is 6.54 Å². The van der Waals surface area contributed by atoms with Crippen molar-refractivity contribution in [2.45, 2.75) is 32.4 Å². The van der Waals surface area contributed by atoms with Crippen LogP contribution in [-0.2, 0) is 28.6 Å². The van der Waals surface area contributed by atoms with Gasteiger partial charge in [-0.25, -0.2) is 0 Å². The topological polar surface area (TPSA) is 165 Å². The molecule has 42 heavy (non-hydrogen) atoms. The van der Waals surface area contributed by atoms with Crippen molar-refractivity contribution < 1.29 is 43.9 Å². The van der Waals surface area contributed by atoms with Gasteiger partial charge in [-0.05, 0) is 26.0 Å². The molecule has 0 radical (unpaired) electrons. The molecule has 1 fully saturated rings. The first-order valence-electron chi connectivity index (χ1n) is 14.7. The highest BCUT2D eigenvalue weighted by Crippen LogP contribution is 2.16. The van der Waals surface area contributed by atoms with Crippen molar-refractivity contribution in [1.29, 1.82) is 0 Å². The summed E-state index contributed by atoms with van der Waals surface area (Å²) in [6.45, 7) is 10.0. The maximum absolute atomic E-state index is 11.9. The fourth-order valence-electron chi connectivity index (χ4n) is 4.97. The lowest BCUT2D eigenvalue weighted by atomic mass is 10.0. The molecule has 1 saturated heterocycles. The summed E-state index contributed by atoms with van der Waals surface area (Å²) in [4.78, 5) is 42.8. The molecule has 2 heterocycles. The van der Waals surface area contributed by atoms with Gasteiger partial charge in [0.05, 0.1) is 39.5 Å². The summed E-state index contributed by atoms with van der Waals surface area (Å²) < 4.78 is 16.5. The second-order valence-corrected chi connectivity index (χ2v) is 10.3. The van der Waals surface area contributed by atoms with Crippen molar-refractivity contribution in [2.24, 2.45) is 0 Å². The molecule has 0 saturated carbocycles. The predicted octanol–water partition coefficient (Wildman–Crippen LogP) is -0.320. The zero-order chi connectivity index (χ0) is 30.7. The van der Waals surface area contributed by atoms with E-state index in [1.54, 1.807) is 11.1 Å². The molecule has 240 valence electrons. The molecule has 0 aromatic rings. The van der Waals surface area contributed by atoms with Crippen LogP contribution in [0.2, 0.25) is 0 Å². The smallest absolute Gasteiger partial charge is 0.317 e. The number of dihydropyridines is 1.